The second-order valence-electron chi connectivity index (χ2n) is 35.6. The molecule has 8 aromatic carbocycles. The molecule has 736 valence electrons. The summed E-state index contributed by atoms with van der Waals surface area (Å²) < 4.78 is 107. The van der Waals surface area contributed by atoms with Gasteiger partial charge in [-0.3, -0.25) is 0 Å². The number of hydrogen-bond donors (Lipinski definition) is 4. The maximum atomic E-state index is 12.6. The van der Waals surface area contributed by atoms with Gasteiger partial charge in [-0.1, -0.05) is 177 Å². The zero-order chi connectivity index (χ0) is 98.9. The van der Waals surface area contributed by atoms with Gasteiger partial charge in [-0.05, 0) is 232 Å². The molecule has 0 bridgehead atoms. The largest absolute Gasteiger partial charge is 0.492 e. The Balaban J connectivity index is 0.000000203. The van der Waals surface area contributed by atoms with E-state index in [1.807, 2.05) is 121 Å². The Morgan fingerprint density at radius 2 is 0.456 bits per heavy atom. The lowest BCUT2D eigenvalue weighted by molar-refractivity contribution is 0.0887. The number of aliphatic hydroxyl groups excluding tert-OH is 4. The Morgan fingerprint density at radius 3 is 0.610 bits per heavy atom. The molecule has 4 aromatic heterocycles. The number of hydrogen-bond acceptors (Lipinski definition) is 20. The van der Waals surface area contributed by atoms with Crippen molar-refractivity contribution < 1.29 is 75.9 Å². The molecule has 4 heterocycles. The fourth-order valence-electron chi connectivity index (χ4n) is 13.5. The van der Waals surface area contributed by atoms with E-state index < -0.39 is 51.1 Å². The van der Waals surface area contributed by atoms with Crippen LogP contribution in [0.1, 0.15) is 150 Å². The summed E-state index contributed by atoms with van der Waals surface area (Å²) in [6.45, 7) is 26.4. The molecule has 136 heavy (non-hydrogen) atoms. The molecular weight excluding hydrogens is 2280 g/mol. The van der Waals surface area contributed by atoms with Gasteiger partial charge >= 0.3 is 0 Å². The van der Waals surface area contributed by atoms with Crippen molar-refractivity contribution in [1.82, 2.24) is 60.0 Å². The van der Waals surface area contributed by atoms with E-state index in [0.717, 1.165) is 59.5 Å². The molecule has 0 fully saturated rings. The Labute approximate surface area is 868 Å². The van der Waals surface area contributed by atoms with Crippen LogP contribution in [-0.4, -0.2) is 181 Å². The smallest absolute Gasteiger partial charge is 0.135 e. The first kappa shape index (κ1) is 112. The number of ether oxygens (including phenoxy) is 8. The Bertz CT molecular complexity index is 4920. The van der Waals surface area contributed by atoms with Crippen LogP contribution in [-0.2, 0) is 74.5 Å². The van der Waals surface area contributed by atoms with Gasteiger partial charge in [0.2, 0.25) is 0 Å². The maximum Gasteiger partial charge on any atom is 0.135 e. The van der Waals surface area contributed by atoms with Crippen LogP contribution in [0.4, 0.5) is 17.6 Å². The minimum atomic E-state index is -0.791. The average molecular weight is 2400 g/mol. The van der Waals surface area contributed by atoms with E-state index in [2.05, 4.69) is 263 Å². The summed E-state index contributed by atoms with van der Waals surface area (Å²) in [5.41, 5.74) is 9.36. The van der Waals surface area contributed by atoms with Crippen LogP contribution in [0.2, 0.25) is 0 Å². The molecule has 0 amide bonds. The minimum absolute atomic E-state index is 0.0928. The molecule has 12 aromatic rings. The van der Waals surface area contributed by atoms with Crippen molar-refractivity contribution in [2.24, 2.45) is 23.7 Å². The van der Waals surface area contributed by atoms with Crippen molar-refractivity contribution >= 4 is 137 Å². The van der Waals surface area contributed by atoms with Crippen LogP contribution in [0.25, 0.3) is 0 Å². The molecule has 0 aliphatic heterocycles. The van der Waals surface area contributed by atoms with E-state index in [9.17, 15) is 38.0 Å². The van der Waals surface area contributed by atoms with E-state index in [0.29, 0.717) is 96.6 Å². The SMILES string of the molecule is CC(CCl)COc1ccc(C(C)(C)c2ccc(OCC(O)Cn3cc(C[18F])nn3)cc2)cc1I.C[C@@H](CCl)COc1ccc(C(C)(C)c2ccc(OC[C@@H](O)Cn3cc(C[18F])nn3)cc2)cc1I.C[C@@H](CCl)COc1ccc(C(C)(C)c2ccc(OC[C@H](O)Cn3cc(C[18F])nn3)cc2)cc1I.C[C@H](CCl)COc1ccc(C(C)(C)c2ccc(OC[C@H](O)Cn3cc(C[18F])nn3)cc2)cc1I. The van der Waals surface area contributed by atoms with Crippen molar-refractivity contribution in [2.75, 3.05) is 76.4 Å². The molecule has 24 nitrogen and oxygen atoms in total. The highest BCUT2D eigenvalue weighted by Gasteiger charge is 2.30. The van der Waals surface area contributed by atoms with E-state index >= 15 is 0 Å². The molecule has 2 unspecified atom stereocenters. The summed E-state index contributed by atoms with van der Waals surface area (Å²) >= 11 is 32.7. The van der Waals surface area contributed by atoms with Gasteiger partial charge in [-0.15, -0.1) is 66.8 Å². The summed E-state index contributed by atoms with van der Waals surface area (Å²) in [6, 6.07) is 56.5. The average Bonchev–Trinajstić information content (AvgIpc) is 0.932. The molecule has 0 saturated heterocycles. The molecule has 0 aliphatic carbocycles. The van der Waals surface area contributed by atoms with Crippen LogP contribution in [0, 0.1) is 38.0 Å². The van der Waals surface area contributed by atoms with Crippen molar-refractivity contribution in [2.45, 2.75) is 182 Å². The molecular formula is C100H120Cl4F4I4N12O12. The van der Waals surface area contributed by atoms with Gasteiger partial charge in [-0.2, -0.15) is 0 Å². The van der Waals surface area contributed by atoms with Gasteiger partial charge in [0.25, 0.3) is 0 Å². The maximum absolute atomic E-state index is 12.6. The Morgan fingerprint density at radius 1 is 0.279 bits per heavy atom. The summed E-state index contributed by atoms with van der Waals surface area (Å²) in [5, 5.41) is 70.5. The number of aliphatic hydroxyl groups is 4. The minimum Gasteiger partial charge on any atom is -0.492 e. The van der Waals surface area contributed by atoms with Gasteiger partial charge < -0.3 is 58.3 Å². The summed E-state index contributed by atoms with van der Waals surface area (Å²) in [7, 11) is 0. The third-order valence-electron chi connectivity index (χ3n) is 22.3. The van der Waals surface area contributed by atoms with Gasteiger partial charge in [-0.25, -0.2) is 36.3 Å². The molecule has 12 rings (SSSR count). The second kappa shape index (κ2) is 55.0. The molecule has 0 aliphatic rings. The van der Waals surface area contributed by atoms with E-state index in [-0.39, 0.29) is 97.0 Å². The van der Waals surface area contributed by atoms with E-state index in [1.54, 1.807) is 0 Å². The van der Waals surface area contributed by atoms with Gasteiger partial charge in [0, 0.05) is 68.9 Å². The van der Waals surface area contributed by atoms with Crippen LogP contribution in [0.15, 0.2) is 195 Å². The van der Waals surface area contributed by atoms with E-state index in [1.165, 1.54) is 65.8 Å². The predicted molar refractivity (Wildman–Crippen MR) is 558 cm³/mol. The Hall–Kier alpha value is -7.64. The Kier molecular flexibility index (Phi) is 45.2. The van der Waals surface area contributed by atoms with Crippen molar-refractivity contribution in [3.8, 4) is 46.0 Å². The first-order valence-electron chi connectivity index (χ1n) is 44.3. The van der Waals surface area contributed by atoms with Crippen molar-refractivity contribution in [3.63, 3.8) is 0 Å². The van der Waals surface area contributed by atoms with Gasteiger partial charge in [0.1, 0.15) is 146 Å². The molecule has 8 atom stereocenters. The summed E-state index contributed by atoms with van der Waals surface area (Å²) in [6.07, 6.45) is 2.73. The summed E-state index contributed by atoms with van der Waals surface area (Å²) in [4.78, 5) is 0. The topological polar surface area (TPSA) is 278 Å². The molecule has 0 saturated carbocycles. The molecule has 4 N–H and O–H groups in total. The highest BCUT2D eigenvalue weighted by Crippen LogP contribution is 2.41. The fraction of sp³-hybridized carbons (Fsp3) is 0.440. The second-order valence-corrected chi connectivity index (χ2v) is 41.5. The molecule has 0 spiro atoms. The number of nitrogens with zero attached hydrogens (tertiary/aromatic N) is 12. The number of alkyl halides is 8. The third-order valence-corrected chi connectivity index (χ3v) is 27.8. The van der Waals surface area contributed by atoms with Crippen LogP contribution >= 0.6 is 137 Å². The first-order chi connectivity index (χ1) is 64.9. The number of halogens is 12. The zero-order valence-electron chi connectivity index (χ0n) is 78.2. The number of benzene rings is 8. The number of rotatable bonds is 48. The van der Waals surface area contributed by atoms with Crippen molar-refractivity contribution in [1.29, 1.82) is 0 Å². The fourth-order valence-corrected chi connectivity index (χ4v) is 16.5. The van der Waals surface area contributed by atoms with Crippen LogP contribution in [0.5, 0.6) is 46.0 Å². The van der Waals surface area contributed by atoms with Crippen LogP contribution < -0.4 is 37.9 Å². The lowest BCUT2D eigenvalue weighted by Crippen LogP contribution is -2.24. The molecule has 36 heteroatoms. The van der Waals surface area contributed by atoms with Crippen molar-refractivity contribution in [3.05, 3.63) is 276 Å². The van der Waals surface area contributed by atoms with Gasteiger partial charge in [0.15, 0.2) is 0 Å². The standard InChI is InChI=1S/4C25H30ClFIN3O3/c4*1-17(11-26)15-34-24-9-6-19(10-23(24)28)25(2,3)18-4-7-22(8-5-18)33-16-21(32)14-31-13-20(12-27)29-30-31/h4*4-10,13,17,21,32H,11-12,14-16H2,1-3H3/t17-,21+;2*17-,21-;/m010./s1/i4*27-1. The highest BCUT2D eigenvalue weighted by atomic mass is 127. The zero-order valence-corrected chi connectivity index (χ0v) is 89.8. The lowest BCUT2D eigenvalue weighted by Gasteiger charge is -2.27. The first-order valence-corrected chi connectivity index (χ1v) is 50.8. The van der Waals surface area contributed by atoms with Crippen LogP contribution in [0.3, 0.4) is 0 Å². The predicted octanol–water partition coefficient (Wildman–Crippen LogP) is 21.5. The van der Waals surface area contributed by atoms with E-state index in [4.69, 9.17) is 84.3 Å². The monoisotopic (exact) mass is 2400 g/mol. The van der Waals surface area contributed by atoms with Gasteiger partial charge in [0.05, 0.1) is 91.7 Å². The lowest BCUT2D eigenvalue weighted by atomic mass is 9.78. The quantitative estimate of drug-likeness (QED) is 0.0157. The molecule has 0 radical (unpaired) electrons. The highest BCUT2D eigenvalue weighted by molar-refractivity contribution is 14.1. The number of aromatic nitrogens is 12. The third kappa shape index (κ3) is 34.4. The summed E-state index contributed by atoms with van der Waals surface area (Å²) in [5.74, 6) is 9.59. The normalized spacial score (nSPS) is 13.5.